The summed E-state index contributed by atoms with van der Waals surface area (Å²) in [6.45, 7) is 3.86. The molecule has 0 radical (unpaired) electrons. The van der Waals surface area contributed by atoms with Crippen LogP contribution in [0, 0.1) is 0 Å². The molecule has 6 nitrogen and oxygen atoms in total. The van der Waals surface area contributed by atoms with Gasteiger partial charge in [-0.25, -0.2) is 4.99 Å². The van der Waals surface area contributed by atoms with Gasteiger partial charge in [0.1, 0.15) is 5.69 Å². The molecule has 128 valence electrons. The third kappa shape index (κ3) is 4.91. The smallest absolute Gasteiger partial charge is 0.191 e. The van der Waals surface area contributed by atoms with E-state index in [9.17, 15) is 0 Å². The summed E-state index contributed by atoms with van der Waals surface area (Å²) < 4.78 is 5.40. The van der Waals surface area contributed by atoms with Crippen LogP contribution in [0.3, 0.4) is 0 Å². The molecule has 0 saturated carbocycles. The molecular formula is C19H21N5O. The topological polar surface area (TPSA) is 75.3 Å². The Kier molecular flexibility index (Phi) is 5.77. The molecule has 25 heavy (non-hydrogen) atoms. The van der Waals surface area contributed by atoms with E-state index in [4.69, 9.17) is 4.52 Å². The highest BCUT2D eigenvalue weighted by atomic mass is 16.5. The summed E-state index contributed by atoms with van der Waals surface area (Å²) in [5.41, 5.74) is 2.75. The number of benzene rings is 1. The van der Waals surface area contributed by atoms with Gasteiger partial charge in [0.2, 0.25) is 0 Å². The second-order valence-corrected chi connectivity index (χ2v) is 5.42. The standard InChI is InChI=1S/C19H21N5O/c1-2-20-19(22-13-16-10-6-7-11-21-16)23-14-17-12-18(25-24-17)15-8-4-3-5-9-15/h3-12H,2,13-14H2,1H3,(H2,20,22,23). The highest BCUT2D eigenvalue weighted by molar-refractivity contribution is 5.79. The van der Waals surface area contributed by atoms with Crippen LogP contribution in [0.25, 0.3) is 11.3 Å². The molecule has 1 aromatic carbocycles. The fraction of sp³-hybridized carbons (Fsp3) is 0.211. The van der Waals surface area contributed by atoms with Gasteiger partial charge in [-0.2, -0.15) is 0 Å². The van der Waals surface area contributed by atoms with E-state index in [-0.39, 0.29) is 0 Å². The van der Waals surface area contributed by atoms with E-state index in [1.165, 1.54) is 0 Å². The molecular weight excluding hydrogens is 314 g/mol. The van der Waals surface area contributed by atoms with Crippen LogP contribution in [-0.2, 0) is 13.1 Å². The monoisotopic (exact) mass is 335 g/mol. The molecule has 0 aliphatic carbocycles. The van der Waals surface area contributed by atoms with Gasteiger partial charge in [-0.05, 0) is 19.1 Å². The normalized spacial score (nSPS) is 11.3. The van der Waals surface area contributed by atoms with Crippen LogP contribution < -0.4 is 10.6 Å². The SMILES string of the molecule is CCNC(=NCc1cc(-c2ccccc2)on1)NCc1ccccn1. The van der Waals surface area contributed by atoms with E-state index < -0.39 is 0 Å². The molecule has 0 amide bonds. The average Bonchev–Trinajstić information content (AvgIpc) is 3.15. The van der Waals surface area contributed by atoms with Gasteiger partial charge in [0.25, 0.3) is 0 Å². The van der Waals surface area contributed by atoms with Gasteiger partial charge in [-0.3, -0.25) is 4.98 Å². The molecule has 2 heterocycles. The van der Waals surface area contributed by atoms with Crippen LogP contribution >= 0.6 is 0 Å². The largest absolute Gasteiger partial charge is 0.357 e. The van der Waals surface area contributed by atoms with Crippen LogP contribution in [0.15, 0.2) is 70.3 Å². The highest BCUT2D eigenvalue weighted by Crippen LogP contribution is 2.19. The molecule has 0 spiro atoms. The van der Waals surface area contributed by atoms with Crippen molar-refractivity contribution in [3.63, 3.8) is 0 Å². The van der Waals surface area contributed by atoms with E-state index in [2.05, 4.69) is 25.8 Å². The number of guanidine groups is 1. The second kappa shape index (κ2) is 8.63. The van der Waals surface area contributed by atoms with Gasteiger partial charge < -0.3 is 15.2 Å². The number of rotatable bonds is 6. The fourth-order valence-corrected chi connectivity index (χ4v) is 2.30. The van der Waals surface area contributed by atoms with Crippen molar-refractivity contribution in [2.24, 2.45) is 4.99 Å². The number of aliphatic imine (C=N–C) groups is 1. The first kappa shape index (κ1) is 16.7. The number of nitrogens with zero attached hydrogens (tertiary/aromatic N) is 3. The zero-order valence-corrected chi connectivity index (χ0v) is 14.1. The lowest BCUT2D eigenvalue weighted by Crippen LogP contribution is -2.37. The van der Waals surface area contributed by atoms with E-state index in [1.807, 2.05) is 61.5 Å². The molecule has 3 aromatic rings. The van der Waals surface area contributed by atoms with Crippen molar-refractivity contribution < 1.29 is 4.52 Å². The van der Waals surface area contributed by atoms with Crippen molar-refractivity contribution in [3.8, 4) is 11.3 Å². The quantitative estimate of drug-likeness (QED) is 0.535. The summed E-state index contributed by atoms with van der Waals surface area (Å²) in [6, 6.07) is 17.7. The summed E-state index contributed by atoms with van der Waals surface area (Å²) in [5, 5.41) is 10.6. The molecule has 0 aliphatic heterocycles. The summed E-state index contributed by atoms with van der Waals surface area (Å²) in [6.07, 6.45) is 1.78. The van der Waals surface area contributed by atoms with Gasteiger partial charge >= 0.3 is 0 Å². The molecule has 0 aliphatic rings. The van der Waals surface area contributed by atoms with Crippen LogP contribution in [0.2, 0.25) is 0 Å². The molecule has 0 bridgehead atoms. The minimum Gasteiger partial charge on any atom is -0.357 e. The van der Waals surface area contributed by atoms with Gasteiger partial charge in [0.05, 0.1) is 18.8 Å². The van der Waals surface area contributed by atoms with Crippen molar-refractivity contribution in [2.75, 3.05) is 6.54 Å². The average molecular weight is 335 g/mol. The second-order valence-electron chi connectivity index (χ2n) is 5.42. The van der Waals surface area contributed by atoms with Gasteiger partial charge in [0, 0.05) is 24.4 Å². The number of pyridine rings is 1. The zero-order chi connectivity index (χ0) is 17.3. The van der Waals surface area contributed by atoms with Crippen molar-refractivity contribution in [1.29, 1.82) is 0 Å². The maximum absolute atomic E-state index is 5.40. The summed E-state index contributed by atoms with van der Waals surface area (Å²) in [5.74, 6) is 1.47. The van der Waals surface area contributed by atoms with E-state index in [0.717, 1.165) is 35.2 Å². The molecule has 6 heteroatoms. The Labute approximate surface area is 147 Å². The number of nitrogens with one attached hydrogen (secondary N) is 2. The lowest BCUT2D eigenvalue weighted by atomic mass is 10.2. The van der Waals surface area contributed by atoms with Crippen molar-refractivity contribution >= 4 is 5.96 Å². The van der Waals surface area contributed by atoms with Crippen molar-refractivity contribution in [2.45, 2.75) is 20.0 Å². The lowest BCUT2D eigenvalue weighted by Gasteiger charge is -2.10. The van der Waals surface area contributed by atoms with Gasteiger partial charge in [-0.15, -0.1) is 0 Å². The van der Waals surface area contributed by atoms with Gasteiger partial charge in [0.15, 0.2) is 11.7 Å². The molecule has 2 aromatic heterocycles. The Morgan fingerprint density at radius 2 is 1.88 bits per heavy atom. The molecule has 0 saturated heterocycles. The first-order chi connectivity index (χ1) is 12.3. The molecule has 0 fully saturated rings. The number of aromatic nitrogens is 2. The van der Waals surface area contributed by atoms with Crippen LogP contribution in [0.4, 0.5) is 0 Å². The minimum absolute atomic E-state index is 0.438. The lowest BCUT2D eigenvalue weighted by molar-refractivity contribution is 0.424. The number of hydrogen-bond acceptors (Lipinski definition) is 4. The van der Waals surface area contributed by atoms with Crippen molar-refractivity contribution in [1.82, 2.24) is 20.8 Å². The summed E-state index contributed by atoms with van der Waals surface area (Å²) in [4.78, 5) is 8.84. The Balaban J connectivity index is 1.62. The van der Waals surface area contributed by atoms with E-state index in [0.29, 0.717) is 13.1 Å². The maximum atomic E-state index is 5.40. The Morgan fingerprint density at radius 3 is 2.64 bits per heavy atom. The Morgan fingerprint density at radius 1 is 1.04 bits per heavy atom. The molecule has 0 unspecified atom stereocenters. The van der Waals surface area contributed by atoms with Crippen LogP contribution in [-0.4, -0.2) is 22.6 Å². The predicted molar refractivity (Wildman–Crippen MR) is 97.8 cm³/mol. The number of hydrogen-bond donors (Lipinski definition) is 2. The molecule has 3 rings (SSSR count). The Hall–Kier alpha value is -3.15. The van der Waals surface area contributed by atoms with Crippen molar-refractivity contribution in [3.05, 3.63) is 72.2 Å². The first-order valence-corrected chi connectivity index (χ1v) is 8.28. The van der Waals surface area contributed by atoms with E-state index >= 15 is 0 Å². The van der Waals surface area contributed by atoms with Crippen LogP contribution in [0.5, 0.6) is 0 Å². The maximum Gasteiger partial charge on any atom is 0.191 e. The predicted octanol–water partition coefficient (Wildman–Crippen LogP) is 2.99. The summed E-state index contributed by atoms with van der Waals surface area (Å²) >= 11 is 0. The molecule has 0 atom stereocenters. The third-order valence-corrected chi connectivity index (χ3v) is 3.52. The fourth-order valence-electron chi connectivity index (χ4n) is 2.30. The van der Waals surface area contributed by atoms with Gasteiger partial charge in [-0.1, -0.05) is 41.6 Å². The summed E-state index contributed by atoms with van der Waals surface area (Å²) in [7, 11) is 0. The minimum atomic E-state index is 0.438. The highest BCUT2D eigenvalue weighted by Gasteiger charge is 2.06. The van der Waals surface area contributed by atoms with E-state index in [1.54, 1.807) is 6.20 Å². The Bertz CT molecular complexity index is 799. The molecule has 2 N–H and O–H groups in total. The zero-order valence-electron chi connectivity index (χ0n) is 14.1. The first-order valence-electron chi connectivity index (χ1n) is 8.28. The third-order valence-electron chi connectivity index (χ3n) is 3.52. The van der Waals surface area contributed by atoms with Crippen LogP contribution in [0.1, 0.15) is 18.3 Å².